The van der Waals surface area contributed by atoms with Crippen LogP contribution in [0.2, 0.25) is 0 Å². The largest absolute Gasteiger partial charge is 0.348 e. The second kappa shape index (κ2) is 16.5. The van der Waals surface area contributed by atoms with E-state index in [2.05, 4.69) is 156 Å². The van der Waals surface area contributed by atoms with E-state index in [4.69, 9.17) is 0 Å². The molecule has 2 N–H and O–H groups in total. The van der Waals surface area contributed by atoms with Gasteiger partial charge in [0.05, 0.1) is 7.05 Å². The molecule has 4 rings (SSSR count). The molecule has 2 heteroatoms. The molecule has 2 nitrogen and oxygen atoms in total. The fourth-order valence-corrected chi connectivity index (χ4v) is 5.67. The van der Waals surface area contributed by atoms with Gasteiger partial charge in [0.1, 0.15) is 5.69 Å². The zero-order valence-corrected chi connectivity index (χ0v) is 26.7. The van der Waals surface area contributed by atoms with E-state index in [1.165, 1.54) is 49.7 Å². The average molecular weight is 560 g/mol. The molecule has 0 aliphatic carbocycles. The number of nitrogens with two attached hydrogens (primary N) is 1. The molecule has 0 spiro atoms. The summed E-state index contributed by atoms with van der Waals surface area (Å²) in [6.45, 7) is 16.7. The summed E-state index contributed by atoms with van der Waals surface area (Å²) < 4.78 is 0. The van der Waals surface area contributed by atoms with Gasteiger partial charge in [-0.05, 0) is 95.8 Å². The van der Waals surface area contributed by atoms with Crippen molar-refractivity contribution in [2.45, 2.75) is 59.3 Å². The fraction of sp³-hybridized carbons (Fsp3) is 0.300. The minimum Gasteiger partial charge on any atom is -0.348 e. The van der Waals surface area contributed by atoms with Crippen molar-refractivity contribution < 1.29 is 5.32 Å². The van der Waals surface area contributed by atoms with Gasteiger partial charge in [0.2, 0.25) is 0 Å². The topological polar surface area (TPSA) is 19.9 Å². The number of nitrogens with zero attached hydrogens (tertiary/aromatic N) is 1. The summed E-state index contributed by atoms with van der Waals surface area (Å²) in [7, 11) is 4.27. The molecule has 0 saturated carbocycles. The average Bonchev–Trinajstić information content (AvgIpc) is 3.01. The van der Waals surface area contributed by atoms with Crippen LogP contribution >= 0.6 is 0 Å². The van der Waals surface area contributed by atoms with Gasteiger partial charge in [0.25, 0.3) is 0 Å². The van der Waals surface area contributed by atoms with Crippen molar-refractivity contribution in [3.05, 3.63) is 133 Å². The summed E-state index contributed by atoms with van der Waals surface area (Å²) in [5.74, 6) is 1.08. The summed E-state index contributed by atoms with van der Waals surface area (Å²) in [6, 6.07) is 26.2. The maximum Gasteiger partial charge on any atom is 0.133 e. The number of quaternary nitrogens is 1. The van der Waals surface area contributed by atoms with Gasteiger partial charge in [-0.2, -0.15) is 0 Å². The van der Waals surface area contributed by atoms with Crippen LogP contribution in [0.1, 0.15) is 64.0 Å². The first kappa shape index (κ1) is 32.6. The first-order valence-electron chi connectivity index (χ1n) is 15.5. The smallest absolute Gasteiger partial charge is 0.133 e. The van der Waals surface area contributed by atoms with Gasteiger partial charge >= 0.3 is 0 Å². The predicted molar refractivity (Wildman–Crippen MR) is 188 cm³/mol. The molecule has 0 aliphatic heterocycles. The van der Waals surface area contributed by atoms with E-state index in [1.54, 1.807) is 0 Å². The Morgan fingerprint density at radius 3 is 2.12 bits per heavy atom. The summed E-state index contributed by atoms with van der Waals surface area (Å²) >= 11 is 0. The number of hydrogen-bond acceptors (Lipinski definition) is 1. The van der Waals surface area contributed by atoms with Crippen molar-refractivity contribution >= 4 is 32.9 Å². The van der Waals surface area contributed by atoms with Gasteiger partial charge in [-0.15, -0.1) is 13.2 Å². The Bertz CT molecular complexity index is 1520. The molecule has 0 heterocycles. The minimum atomic E-state index is 0.435. The summed E-state index contributed by atoms with van der Waals surface area (Å²) in [4.78, 5) is 2.29. The third-order valence-corrected chi connectivity index (χ3v) is 8.07. The van der Waals surface area contributed by atoms with E-state index in [1.807, 2.05) is 12.2 Å². The highest BCUT2D eigenvalue weighted by Gasteiger charge is 2.17. The Balaban J connectivity index is 0.000000240. The molecule has 2 unspecified atom stereocenters. The van der Waals surface area contributed by atoms with Gasteiger partial charge in [-0.25, -0.2) is 0 Å². The fourth-order valence-electron chi connectivity index (χ4n) is 5.67. The minimum absolute atomic E-state index is 0.435. The first-order valence-corrected chi connectivity index (χ1v) is 15.5. The highest BCUT2D eigenvalue weighted by molar-refractivity contribution is 5.91. The lowest BCUT2D eigenvalue weighted by atomic mass is 9.90. The van der Waals surface area contributed by atoms with E-state index in [0.29, 0.717) is 11.8 Å². The molecule has 0 amide bonds. The molecule has 0 aromatic heterocycles. The lowest BCUT2D eigenvalue weighted by molar-refractivity contribution is -0.539. The Morgan fingerprint density at radius 2 is 1.48 bits per heavy atom. The van der Waals surface area contributed by atoms with Gasteiger partial charge in [-0.3, -0.25) is 0 Å². The lowest BCUT2D eigenvalue weighted by Crippen LogP contribution is -2.73. The van der Waals surface area contributed by atoms with E-state index >= 15 is 0 Å². The quantitative estimate of drug-likeness (QED) is 0.104. The number of allylic oxidation sites excluding steroid dienone is 6. The number of fused-ring (bicyclic) bond motifs is 2. The highest BCUT2D eigenvalue weighted by atomic mass is 15.1. The van der Waals surface area contributed by atoms with Crippen molar-refractivity contribution in [2.75, 3.05) is 19.0 Å². The molecule has 0 saturated heterocycles. The van der Waals surface area contributed by atoms with Crippen LogP contribution in [0, 0.1) is 5.92 Å². The van der Waals surface area contributed by atoms with Gasteiger partial charge < -0.3 is 10.2 Å². The molecular weight excluding hydrogens is 508 g/mol. The Kier molecular flexibility index (Phi) is 12.8. The Labute approximate surface area is 255 Å². The van der Waals surface area contributed by atoms with Crippen molar-refractivity contribution in [1.82, 2.24) is 0 Å². The molecule has 2 atom stereocenters. The molecule has 4 aromatic carbocycles. The number of anilines is 1. The number of benzene rings is 4. The lowest BCUT2D eigenvalue weighted by Gasteiger charge is -2.27. The molecule has 4 aromatic rings. The van der Waals surface area contributed by atoms with Crippen LogP contribution in [0.5, 0.6) is 0 Å². The Hall–Kier alpha value is -3.88. The summed E-state index contributed by atoms with van der Waals surface area (Å²) in [5, 5.41) is 7.58. The second-order valence-electron chi connectivity index (χ2n) is 11.3. The SMILES string of the molecule is C=CCC(C)Cc1c([NH2+]C)ccc2ccccc12.C=CCC(C)c1c(N(C)/C(C)=C/C=C/CC)ccc2ccccc12. The van der Waals surface area contributed by atoms with Crippen LogP contribution in [-0.4, -0.2) is 14.1 Å². The van der Waals surface area contributed by atoms with Gasteiger partial charge in [0.15, 0.2) is 0 Å². The van der Waals surface area contributed by atoms with Crippen LogP contribution in [0.15, 0.2) is 122 Å². The molecule has 0 fully saturated rings. The second-order valence-corrected chi connectivity index (χ2v) is 11.3. The third-order valence-electron chi connectivity index (χ3n) is 8.07. The maximum absolute atomic E-state index is 3.93. The van der Waals surface area contributed by atoms with Crippen molar-refractivity contribution in [2.24, 2.45) is 5.92 Å². The molecule has 42 heavy (non-hydrogen) atoms. The molecule has 0 radical (unpaired) electrons. The van der Waals surface area contributed by atoms with Crippen LogP contribution in [0.3, 0.4) is 0 Å². The van der Waals surface area contributed by atoms with Crippen molar-refractivity contribution in [3.63, 3.8) is 0 Å². The zero-order chi connectivity index (χ0) is 30.5. The van der Waals surface area contributed by atoms with Crippen molar-refractivity contribution in [3.8, 4) is 0 Å². The van der Waals surface area contributed by atoms with Crippen LogP contribution in [0.4, 0.5) is 11.4 Å². The first-order chi connectivity index (χ1) is 20.4. The van der Waals surface area contributed by atoms with Crippen molar-refractivity contribution in [1.29, 1.82) is 0 Å². The predicted octanol–water partition coefficient (Wildman–Crippen LogP) is 10.2. The van der Waals surface area contributed by atoms with Crippen LogP contribution < -0.4 is 10.2 Å². The van der Waals surface area contributed by atoms with Gasteiger partial charge in [0, 0.05) is 24.0 Å². The standard InChI is InChI=1S/C23H29N.C17H21N/c1-6-8-9-13-19(4)24(5)22-17-16-20-14-10-11-15-21(20)23(22)18(3)12-7-2;1-4-7-13(2)12-16-15-9-6-5-8-14(15)10-11-17(16)18-3/h7-11,13-18H,2,6,12H2,1,3-5H3;4-6,8-11,13,18H,1,7,12H2,2-3H3/p+1/b9-8+,19-13+;. The molecular formula is C40H51N2+. The number of hydrogen-bond donors (Lipinski definition) is 1. The molecule has 0 aliphatic rings. The van der Waals surface area contributed by atoms with E-state index < -0.39 is 0 Å². The summed E-state index contributed by atoms with van der Waals surface area (Å²) in [6.07, 6.45) is 14.8. The zero-order valence-electron chi connectivity index (χ0n) is 26.7. The normalized spacial score (nSPS) is 13.0. The molecule has 220 valence electrons. The van der Waals surface area contributed by atoms with E-state index in [0.717, 1.165) is 25.7 Å². The van der Waals surface area contributed by atoms with Crippen LogP contribution in [-0.2, 0) is 6.42 Å². The maximum atomic E-state index is 3.93. The number of rotatable bonds is 12. The third kappa shape index (κ3) is 8.33. The van der Waals surface area contributed by atoms with E-state index in [9.17, 15) is 0 Å². The van der Waals surface area contributed by atoms with Crippen LogP contribution in [0.25, 0.3) is 21.5 Å². The van der Waals surface area contributed by atoms with E-state index in [-0.39, 0.29) is 0 Å². The summed E-state index contributed by atoms with van der Waals surface area (Å²) in [5.41, 5.74) is 6.76. The highest BCUT2D eigenvalue weighted by Crippen LogP contribution is 2.37. The monoisotopic (exact) mass is 559 g/mol. The molecule has 0 bridgehead atoms. The van der Waals surface area contributed by atoms with Gasteiger partial charge in [-0.1, -0.05) is 99.7 Å². The Morgan fingerprint density at radius 1 is 0.857 bits per heavy atom.